The summed E-state index contributed by atoms with van der Waals surface area (Å²) in [6.07, 6.45) is 5.93. The maximum atomic E-state index is 13.1. The van der Waals surface area contributed by atoms with Gasteiger partial charge in [0.1, 0.15) is 18.2 Å². The first kappa shape index (κ1) is 22.3. The number of nitrogens with two attached hydrogens (primary N) is 2. The fourth-order valence-corrected chi connectivity index (χ4v) is 3.41. The Kier molecular flexibility index (Phi) is 7.64. The van der Waals surface area contributed by atoms with E-state index in [1.807, 2.05) is 6.92 Å². The number of anilines is 1. The van der Waals surface area contributed by atoms with E-state index in [1.165, 1.54) is 6.08 Å². The van der Waals surface area contributed by atoms with Crippen LogP contribution < -0.4 is 26.8 Å². The molecule has 8 nitrogen and oxygen atoms in total. The molecule has 1 aliphatic rings. The molecule has 2 amide bonds. The Hall–Kier alpha value is -3.03. The van der Waals surface area contributed by atoms with Crippen molar-refractivity contribution in [3.63, 3.8) is 0 Å². The van der Waals surface area contributed by atoms with E-state index < -0.39 is 17.2 Å². The molecule has 1 aromatic carbocycles. The zero-order chi connectivity index (χ0) is 21.4. The molecular formula is C21H31N5O3. The minimum absolute atomic E-state index is 0.0425. The van der Waals surface area contributed by atoms with Crippen molar-refractivity contribution < 1.29 is 14.3 Å². The summed E-state index contributed by atoms with van der Waals surface area (Å²) in [5.41, 5.74) is 10.4. The highest BCUT2D eigenvalue weighted by atomic mass is 16.5. The normalized spacial score (nSPS) is 15.9. The van der Waals surface area contributed by atoms with E-state index >= 15 is 0 Å². The average molecular weight is 402 g/mol. The number of carbonyl (C=O) groups excluding carboxylic acids is 2. The molecule has 7 N–H and O–H groups in total. The number of nitrogen functional groups attached to an aromatic ring is 2. The van der Waals surface area contributed by atoms with Crippen molar-refractivity contribution in [2.24, 2.45) is 11.1 Å². The van der Waals surface area contributed by atoms with Gasteiger partial charge in [0.25, 0.3) is 0 Å². The number of rotatable bonds is 10. The van der Waals surface area contributed by atoms with E-state index in [9.17, 15) is 9.59 Å². The summed E-state index contributed by atoms with van der Waals surface area (Å²) in [6, 6.07) is 4.90. The summed E-state index contributed by atoms with van der Waals surface area (Å²) in [7, 11) is 0. The summed E-state index contributed by atoms with van der Waals surface area (Å²) < 4.78 is 5.83. The lowest BCUT2D eigenvalue weighted by atomic mass is 9.86. The van der Waals surface area contributed by atoms with Crippen molar-refractivity contribution in [2.45, 2.75) is 45.1 Å². The van der Waals surface area contributed by atoms with Gasteiger partial charge in [0.15, 0.2) is 5.41 Å². The van der Waals surface area contributed by atoms with Gasteiger partial charge < -0.3 is 26.8 Å². The summed E-state index contributed by atoms with van der Waals surface area (Å²) in [5.74, 6) is -0.937. The van der Waals surface area contributed by atoms with Crippen LogP contribution in [0.5, 0.6) is 5.75 Å². The van der Waals surface area contributed by atoms with E-state index in [1.54, 1.807) is 18.2 Å². The predicted octanol–water partition coefficient (Wildman–Crippen LogP) is 1.69. The molecular weight excluding hydrogens is 370 g/mol. The number of benzene rings is 1. The molecule has 1 aromatic rings. The van der Waals surface area contributed by atoms with Crippen molar-refractivity contribution >= 4 is 23.3 Å². The quantitative estimate of drug-likeness (QED) is 0.133. The van der Waals surface area contributed by atoms with Gasteiger partial charge in [-0.25, -0.2) is 0 Å². The second-order valence-corrected chi connectivity index (χ2v) is 7.31. The zero-order valence-corrected chi connectivity index (χ0v) is 16.9. The maximum absolute atomic E-state index is 13.1. The molecule has 0 heterocycles. The Morgan fingerprint density at radius 2 is 2.03 bits per heavy atom. The average Bonchev–Trinajstić information content (AvgIpc) is 3.19. The molecule has 1 atom stereocenters. The zero-order valence-electron chi connectivity index (χ0n) is 16.9. The topological polar surface area (TPSA) is 143 Å². The Morgan fingerprint density at radius 3 is 2.62 bits per heavy atom. The van der Waals surface area contributed by atoms with Crippen molar-refractivity contribution in [2.75, 3.05) is 18.9 Å². The van der Waals surface area contributed by atoms with Gasteiger partial charge in [-0.05, 0) is 31.4 Å². The minimum Gasteiger partial charge on any atom is -0.491 e. The molecule has 1 saturated carbocycles. The van der Waals surface area contributed by atoms with Gasteiger partial charge >= 0.3 is 0 Å². The fraction of sp³-hybridized carbons (Fsp3) is 0.476. The predicted molar refractivity (Wildman–Crippen MR) is 114 cm³/mol. The standard InChI is InChI=1S/C21H31N5O3/c1-3-12-25-19(27)21(4-2,20(28)26-14-8-5-6-9-14)13-29-16-11-7-10-15(22)17(16)18(23)24/h4,7,10-11,14H,2-3,5-6,8-9,12-13,22H2,1H3,(H3,23,24)(H,25,27)(H,26,28). The second-order valence-electron chi connectivity index (χ2n) is 7.31. The van der Waals surface area contributed by atoms with E-state index in [0.29, 0.717) is 6.54 Å². The van der Waals surface area contributed by atoms with Crippen LogP contribution in [0.1, 0.15) is 44.6 Å². The minimum atomic E-state index is -1.61. The van der Waals surface area contributed by atoms with Crippen LogP contribution in [0.3, 0.4) is 0 Å². The van der Waals surface area contributed by atoms with Crippen LogP contribution in [0.4, 0.5) is 5.69 Å². The Morgan fingerprint density at radius 1 is 1.34 bits per heavy atom. The van der Waals surface area contributed by atoms with Crippen LogP contribution in [0.2, 0.25) is 0 Å². The lowest BCUT2D eigenvalue weighted by Crippen LogP contribution is -2.55. The lowest BCUT2D eigenvalue weighted by molar-refractivity contribution is -0.142. The highest BCUT2D eigenvalue weighted by Gasteiger charge is 2.45. The first-order valence-electron chi connectivity index (χ1n) is 9.94. The molecule has 1 fully saturated rings. The Labute approximate surface area is 171 Å². The molecule has 0 aliphatic heterocycles. The number of ether oxygens (including phenoxy) is 1. The molecule has 1 unspecified atom stereocenters. The molecule has 2 rings (SSSR count). The Balaban J connectivity index is 2.30. The second kappa shape index (κ2) is 9.95. The fourth-order valence-electron chi connectivity index (χ4n) is 3.41. The molecule has 1 aliphatic carbocycles. The largest absolute Gasteiger partial charge is 0.491 e. The third-order valence-corrected chi connectivity index (χ3v) is 5.17. The van der Waals surface area contributed by atoms with Crippen LogP contribution in [-0.2, 0) is 9.59 Å². The molecule has 0 radical (unpaired) electrons. The van der Waals surface area contributed by atoms with Crippen LogP contribution >= 0.6 is 0 Å². The number of amidine groups is 1. The first-order chi connectivity index (χ1) is 13.9. The van der Waals surface area contributed by atoms with Crippen molar-refractivity contribution in [1.82, 2.24) is 10.6 Å². The van der Waals surface area contributed by atoms with E-state index in [2.05, 4.69) is 17.2 Å². The van der Waals surface area contributed by atoms with Crippen LogP contribution in [0, 0.1) is 10.8 Å². The molecule has 0 aromatic heterocycles. The van der Waals surface area contributed by atoms with Crippen molar-refractivity contribution in [3.8, 4) is 5.75 Å². The van der Waals surface area contributed by atoms with Gasteiger partial charge in [0.05, 0.1) is 5.56 Å². The number of amides is 2. The lowest BCUT2D eigenvalue weighted by Gasteiger charge is -2.30. The van der Waals surface area contributed by atoms with Crippen LogP contribution in [-0.4, -0.2) is 36.8 Å². The van der Waals surface area contributed by atoms with E-state index in [0.717, 1.165) is 32.1 Å². The highest BCUT2D eigenvalue weighted by Crippen LogP contribution is 2.28. The molecule has 158 valence electrons. The SMILES string of the molecule is C=CC(COc1cccc(N)c1C(=N)N)(C(=O)NCCC)C(=O)NC1CCCC1. The summed E-state index contributed by atoms with van der Waals surface area (Å²) in [4.78, 5) is 26.1. The van der Waals surface area contributed by atoms with Gasteiger partial charge in [-0.15, -0.1) is 6.58 Å². The summed E-state index contributed by atoms with van der Waals surface area (Å²) in [6.45, 7) is 5.83. The number of carbonyl (C=O) groups is 2. The Bertz CT molecular complexity index is 774. The third-order valence-electron chi connectivity index (χ3n) is 5.17. The van der Waals surface area contributed by atoms with Crippen molar-refractivity contribution in [3.05, 3.63) is 36.4 Å². The molecule has 0 saturated heterocycles. The number of nitrogens with one attached hydrogen (secondary N) is 3. The van der Waals surface area contributed by atoms with Gasteiger partial charge in [-0.3, -0.25) is 15.0 Å². The summed E-state index contributed by atoms with van der Waals surface area (Å²) in [5, 5.41) is 13.5. The van der Waals surface area contributed by atoms with Gasteiger partial charge in [0.2, 0.25) is 11.8 Å². The molecule has 29 heavy (non-hydrogen) atoms. The van der Waals surface area contributed by atoms with E-state index in [4.69, 9.17) is 21.6 Å². The van der Waals surface area contributed by atoms with Crippen LogP contribution in [0.15, 0.2) is 30.9 Å². The number of hydrogen-bond donors (Lipinski definition) is 5. The molecule has 8 heteroatoms. The van der Waals surface area contributed by atoms with Gasteiger partial charge in [0, 0.05) is 18.3 Å². The first-order valence-corrected chi connectivity index (χ1v) is 9.94. The maximum Gasteiger partial charge on any atom is 0.243 e. The van der Waals surface area contributed by atoms with Crippen LogP contribution in [0.25, 0.3) is 0 Å². The summed E-state index contributed by atoms with van der Waals surface area (Å²) >= 11 is 0. The molecule has 0 bridgehead atoms. The molecule has 0 spiro atoms. The highest BCUT2D eigenvalue weighted by molar-refractivity contribution is 6.07. The monoisotopic (exact) mass is 401 g/mol. The number of hydrogen-bond acceptors (Lipinski definition) is 5. The van der Waals surface area contributed by atoms with Crippen molar-refractivity contribution in [1.29, 1.82) is 5.41 Å². The van der Waals surface area contributed by atoms with Gasteiger partial charge in [-0.1, -0.05) is 31.9 Å². The third kappa shape index (κ3) is 5.07. The smallest absolute Gasteiger partial charge is 0.243 e. The van der Waals surface area contributed by atoms with E-state index in [-0.39, 0.29) is 35.5 Å². The van der Waals surface area contributed by atoms with Gasteiger partial charge in [-0.2, -0.15) is 0 Å².